The number of amides is 1. The molecule has 0 bridgehead atoms. The van der Waals surface area contributed by atoms with Gasteiger partial charge in [-0.05, 0) is 24.6 Å². The van der Waals surface area contributed by atoms with Gasteiger partial charge in [0.2, 0.25) is 0 Å². The van der Waals surface area contributed by atoms with E-state index in [0.717, 1.165) is 23.3 Å². The predicted molar refractivity (Wildman–Crippen MR) is 89.9 cm³/mol. The summed E-state index contributed by atoms with van der Waals surface area (Å²) in [5, 5.41) is 20.4. The molecule has 3 N–H and O–H groups in total. The molecule has 0 fully saturated rings. The van der Waals surface area contributed by atoms with Crippen LogP contribution in [0.1, 0.15) is 35.3 Å². The smallest absolute Gasteiger partial charge is 0.423 e. The van der Waals surface area contributed by atoms with Gasteiger partial charge in [0.25, 0.3) is 5.91 Å². The molecule has 0 aliphatic carbocycles. The zero-order valence-electron chi connectivity index (χ0n) is 13.8. The molecule has 0 spiro atoms. The van der Waals surface area contributed by atoms with Gasteiger partial charge in [0.15, 0.2) is 0 Å². The Bertz CT molecular complexity index is 691. The maximum absolute atomic E-state index is 14.0. The van der Waals surface area contributed by atoms with Gasteiger partial charge in [-0.2, -0.15) is 0 Å². The number of hydrogen-bond acceptors (Lipinski definition) is 3. The fourth-order valence-corrected chi connectivity index (χ4v) is 1.96. The summed E-state index contributed by atoms with van der Waals surface area (Å²) in [7, 11) is -2.33. The van der Waals surface area contributed by atoms with Crippen LogP contribution in [0.3, 0.4) is 0 Å². The Hall–Kier alpha value is -2.25. The van der Waals surface area contributed by atoms with Gasteiger partial charge < -0.3 is 15.4 Å². The molecule has 2 aromatic carbocycles. The highest BCUT2D eigenvalue weighted by Crippen LogP contribution is 2.09. The number of benzene rings is 2. The van der Waals surface area contributed by atoms with Crippen LogP contribution in [0.4, 0.5) is 8.78 Å². The van der Waals surface area contributed by atoms with E-state index < -0.39 is 35.7 Å². The van der Waals surface area contributed by atoms with Crippen LogP contribution in [-0.2, 0) is 6.54 Å². The molecule has 2 aromatic rings. The Balaban J connectivity index is 0.00000139. The van der Waals surface area contributed by atoms with Crippen molar-refractivity contribution in [2.45, 2.75) is 27.3 Å². The minimum atomic E-state index is -2.33. The third-order valence-corrected chi connectivity index (χ3v) is 3.20. The minimum absolute atomic E-state index is 0.174. The molecule has 0 saturated heterocycles. The van der Waals surface area contributed by atoms with E-state index in [-0.39, 0.29) is 6.54 Å². The van der Waals surface area contributed by atoms with Crippen LogP contribution >= 0.6 is 0 Å². The summed E-state index contributed by atoms with van der Waals surface area (Å²) in [4.78, 5) is 12.0. The molecule has 2 rings (SSSR count). The molecule has 7 heteroatoms. The number of aryl methyl sites for hydroxylation is 1. The lowest BCUT2D eigenvalue weighted by Crippen LogP contribution is -2.38. The van der Waals surface area contributed by atoms with E-state index >= 15 is 0 Å². The molecule has 4 nitrogen and oxygen atoms in total. The highest BCUT2D eigenvalue weighted by atomic mass is 19.1. The highest BCUT2D eigenvalue weighted by molar-refractivity contribution is 6.59. The highest BCUT2D eigenvalue weighted by Gasteiger charge is 2.26. The number of carbonyl (C=O) groups is 1. The average molecular weight is 335 g/mol. The summed E-state index contributed by atoms with van der Waals surface area (Å²) < 4.78 is 27.3. The lowest BCUT2D eigenvalue weighted by molar-refractivity contribution is 0.0947. The largest absolute Gasteiger partial charge is 0.494 e. The number of nitrogens with one attached hydrogen (secondary N) is 1. The normalized spacial score (nSPS) is 9.79. The summed E-state index contributed by atoms with van der Waals surface area (Å²) >= 11 is 0. The van der Waals surface area contributed by atoms with E-state index in [4.69, 9.17) is 10.0 Å². The molecule has 0 aliphatic rings. The third kappa shape index (κ3) is 4.87. The van der Waals surface area contributed by atoms with Crippen LogP contribution in [0, 0.1) is 18.6 Å². The fourth-order valence-electron chi connectivity index (χ4n) is 1.96. The predicted octanol–water partition coefficient (Wildman–Crippen LogP) is 1.91. The Labute approximate surface area is 140 Å². The third-order valence-electron chi connectivity index (χ3n) is 3.20. The van der Waals surface area contributed by atoms with Crippen molar-refractivity contribution in [2.75, 3.05) is 0 Å². The lowest BCUT2D eigenvalue weighted by Gasteiger charge is -2.10. The van der Waals surface area contributed by atoms with E-state index in [2.05, 4.69) is 5.32 Å². The topological polar surface area (TPSA) is 69.6 Å². The van der Waals surface area contributed by atoms with Crippen LogP contribution in [0.25, 0.3) is 0 Å². The first kappa shape index (κ1) is 19.8. The van der Waals surface area contributed by atoms with Crippen LogP contribution < -0.4 is 10.8 Å². The summed E-state index contributed by atoms with van der Waals surface area (Å²) in [5.74, 6) is -3.17. The zero-order chi connectivity index (χ0) is 18.3. The van der Waals surface area contributed by atoms with Gasteiger partial charge in [0.1, 0.15) is 11.6 Å². The zero-order valence-corrected chi connectivity index (χ0v) is 13.8. The molecule has 24 heavy (non-hydrogen) atoms. The van der Waals surface area contributed by atoms with Gasteiger partial charge in [-0.1, -0.05) is 43.7 Å². The summed E-state index contributed by atoms with van der Waals surface area (Å²) in [6.45, 7) is 6.10. The second kappa shape index (κ2) is 9.15. The standard InChI is InChI=1S/C15H14BF2NO3.C2H6/c1-9-2-4-10(5-3-9)8-19-15(20)11-6-7-12(17)13(14(11)18)16(21)22;1-2/h2-7,21-22H,8H2,1H3,(H,19,20);1-2H3. The first-order valence-corrected chi connectivity index (χ1v) is 7.58. The van der Waals surface area contributed by atoms with Crippen molar-refractivity contribution in [2.24, 2.45) is 0 Å². The molecule has 1 amide bonds. The molecule has 0 aromatic heterocycles. The number of rotatable bonds is 4. The monoisotopic (exact) mass is 335 g/mol. The molecular weight excluding hydrogens is 315 g/mol. The van der Waals surface area contributed by atoms with Crippen LogP contribution in [-0.4, -0.2) is 23.1 Å². The second-order valence-electron chi connectivity index (χ2n) is 4.86. The maximum Gasteiger partial charge on any atom is 0.494 e. The molecule has 0 radical (unpaired) electrons. The van der Waals surface area contributed by atoms with E-state index in [1.54, 1.807) is 0 Å². The van der Waals surface area contributed by atoms with E-state index in [1.165, 1.54) is 0 Å². The minimum Gasteiger partial charge on any atom is -0.423 e. The van der Waals surface area contributed by atoms with Crippen molar-refractivity contribution < 1.29 is 23.6 Å². The van der Waals surface area contributed by atoms with Crippen LogP contribution in [0.5, 0.6) is 0 Å². The Kier molecular flexibility index (Phi) is 7.55. The summed E-state index contributed by atoms with van der Waals surface area (Å²) in [5.41, 5.74) is 0.504. The lowest BCUT2D eigenvalue weighted by atomic mass is 9.78. The van der Waals surface area contributed by atoms with Crippen LogP contribution in [0.15, 0.2) is 36.4 Å². The van der Waals surface area contributed by atoms with Gasteiger partial charge >= 0.3 is 7.12 Å². The Morgan fingerprint density at radius 2 is 1.67 bits per heavy atom. The van der Waals surface area contributed by atoms with E-state index in [1.807, 2.05) is 45.0 Å². The number of carbonyl (C=O) groups excluding carboxylic acids is 1. The number of hydrogen-bond donors (Lipinski definition) is 3. The van der Waals surface area contributed by atoms with Crippen molar-refractivity contribution in [3.8, 4) is 0 Å². The van der Waals surface area contributed by atoms with Crippen molar-refractivity contribution in [1.82, 2.24) is 5.32 Å². The van der Waals surface area contributed by atoms with Crippen molar-refractivity contribution in [3.63, 3.8) is 0 Å². The van der Waals surface area contributed by atoms with Crippen molar-refractivity contribution >= 4 is 18.5 Å². The number of halogens is 2. The quantitative estimate of drug-likeness (QED) is 0.748. The van der Waals surface area contributed by atoms with E-state index in [9.17, 15) is 13.6 Å². The molecule has 0 atom stereocenters. The van der Waals surface area contributed by atoms with Gasteiger partial charge in [-0.25, -0.2) is 8.78 Å². The average Bonchev–Trinajstić information content (AvgIpc) is 2.55. The van der Waals surface area contributed by atoms with Gasteiger partial charge in [-0.15, -0.1) is 0 Å². The van der Waals surface area contributed by atoms with Gasteiger partial charge in [0, 0.05) is 6.54 Å². The fraction of sp³-hybridized carbons (Fsp3) is 0.235. The van der Waals surface area contributed by atoms with E-state index in [0.29, 0.717) is 0 Å². The Morgan fingerprint density at radius 3 is 2.21 bits per heavy atom. The van der Waals surface area contributed by atoms with Crippen molar-refractivity contribution in [1.29, 1.82) is 0 Å². The maximum atomic E-state index is 14.0. The Morgan fingerprint density at radius 1 is 1.08 bits per heavy atom. The molecule has 0 aliphatic heterocycles. The van der Waals surface area contributed by atoms with Gasteiger partial charge in [0.05, 0.1) is 11.0 Å². The second-order valence-corrected chi connectivity index (χ2v) is 4.86. The van der Waals surface area contributed by atoms with Crippen molar-refractivity contribution in [3.05, 3.63) is 64.7 Å². The molecular formula is C17H20BF2NO3. The SMILES string of the molecule is CC.Cc1ccc(CNC(=O)c2ccc(F)c(B(O)O)c2F)cc1. The summed E-state index contributed by atoms with van der Waals surface area (Å²) in [6, 6.07) is 9.17. The summed E-state index contributed by atoms with van der Waals surface area (Å²) in [6.07, 6.45) is 0. The first-order chi connectivity index (χ1) is 11.4. The molecule has 0 saturated carbocycles. The molecule has 0 heterocycles. The van der Waals surface area contributed by atoms with Crippen LogP contribution in [0.2, 0.25) is 0 Å². The molecule has 128 valence electrons. The van der Waals surface area contributed by atoms with Gasteiger partial charge in [-0.3, -0.25) is 4.79 Å². The molecule has 0 unspecified atom stereocenters. The first-order valence-electron chi connectivity index (χ1n) is 7.58.